The van der Waals surface area contributed by atoms with Gasteiger partial charge in [0.05, 0.1) is 0 Å². The van der Waals surface area contributed by atoms with E-state index in [2.05, 4.69) is 79.0 Å². The number of nitrogens with one attached hydrogen (secondary N) is 1. The molecular formula is C15H25BrN2. The second-order valence-corrected chi connectivity index (χ2v) is 6.10. The minimum atomic E-state index is 0.506. The molecule has 102 valence electrons. The number of rotatable bonds is 6. The van der Waals surface area contributed by atoms with Gasteiger partial charge in [0.2, 0.25) is 0 Å². The van der Waals surface area contributed by atoms with Gasteiger partial charge in [-0.3, -0.25) is 0 Å². The number of halogens is 1. The van der Waals surface area contributed by atoms with Crippen molar-refractivity contribution in [3.63, 3.8) is 0 Å². The molecule has 18 heavy (non-hydrogen) atoms. The number of anilines is 1. The van der Waals surface area contributed by atoms with Gasteiger partial charge in [0.15, 0.2) is 0 Å². The van der Waals surface area contributed by atoms with E-state index < -0.39 is 0 Å². The summed E-state index contributed by atoms with van der Waals surface area (Å²) in [5.41, 5.74) is 2.69. The molecule has 0 fully saturated rings. The second-order valence-electron chi connectivity index (χ2n) is 5.19. The molecule has 1 N–H and O–H groups in total. The van der Waals surface area contributed by atoms with Crippen LogP contribution in [0.15, 0.2) is 22.7 Å². The first kappa shape index (κ1) is 15.5. The number of hydrogen-bond acceptors (Lipinski definition) is 2. The fourth-order valence-corrected chi connectivity index (χ4v) is 2.51. The Balaban J connectivity index is 3.01. The first-order valence-electron chi connectivity index (χ1n) is 6.74. The van der Waals surface area contributed by atoms with Crippen LogP contribution in [0.3, 0.4) is 0 Å². The molecule has 1 rings (SSSR count). The van der Waals surface area contributed by atoms with Crippen LogP contribution in [0.4, 0.5) is 5.69 Å². The average molecular weight is 313 g/mol. The maximum atomic E-state index is 3.57. The van der Waals surface area contributed by atoms with E-state index in [4.69, 9.17) is 0 Å². The summed E-state index contributed by atoms with van der Waals surface area (Å²) < 4.78 is 1.15. The normalized spacial score (nSPS) is 11.3. The van der Waals surface area contributed by atoms with Gasteiger partial charge in [0, 0.05) is 35.3 Å². The molecule has 0 saturated carbocycles. The Hall–Kier alpha value is -0.540. The smallest absolute Gasteiger partial charge is 0.0414 e. The summed E-state index contributed by atoms with van der Waals surface area (Å²) in [4.78, 5) is 2.43. The lowest BCUT2D eigenvalue weighted by Crippen LogP contribution is -2.32. The van der Waals surface area contributed by atoms with Crippen LogP contribution in [0.2, 0.25) is 0 Å². The first-order chi connectivity index (χ1) is 8.45. The van der Waals surface area contributed by atoms with E-state index >= 15 is 0 Å². The van der Waals surface area contributed by atoms with Crippen molar-refractivity contribution in [3.8, 4) is 0 Å². The largest absolute Gasteiger partial charge is 0.369 e. The highest BCUT2D eigenvalue weighted by Gasteiger charge is 2.13. The molecule has 0 aliphatic heterocycles. The lowest BCUT2D eigenvalue weighted by atomic mass is 10.1. The van der Waals surface area contributed by atoms with Crippen LogP contribution in [-0.2, 0) is 6.54 Å². The van der Waals surface area contributed by atoms with Gasteiger partial charge in [-0.15, -0.1) is 0 Å². The molecule has 0 spiro atoms. The Morgan fingerprint density at radius 1 is 1.22 bits per heavy atom. The molecule has 1 aromatic carbocycles. The second kappa shape index (κ2) is 7.15. The maximum absolute atomic E-state index is 3.57. The van der Waals surface area contributed by atoms with Crippen LogP contribution in [0.5, 0.6) is 0 Å². The quantitative estimate of drug-likeness (QED) is 0.847. The van der Waals surface area contributed by atoms with Gasteiger partial charge in [-0.1, -0.05) is 29.8 Å². The Morgan fingerprint density at radius 3 is 2.39 bits per heavy atom. The minimum absolute atomic E-state index is 0.506. The van der Waals surface area contributed by atoms with Crippen molar-refractivity contribution in [1.82, 2.24) is 5.32 Å². The van der Waals surface area contributed by atoms with Gasteiger partial charge in [0.1, 0.15) is 0 Å². The lowest BCUT2D eigenvalue weighted by molar-refractivity contribution is 0.586. The topological polar surface area (TPSA) is 15.3 Å². The third-order valence-corrected chi connectivity index (χ3v) is 3.51. The molecule has 0 aromatic heterocycles. The van der Waals surface area contributed by atoms with Gasteiger partial charge < -0.3 is 10.2 Å². The fraction of sp³-hybridized carbons (Fsp3) is 0.600. The monoisotopic (exact) mass is 312 g/mol. The standard InChI is InChI=1S/C15H25BrN2/c1-6-18(12(4)5)15-8-7-14(16)9-13(15)10-17-11(2)3/h7-9,11-12,17H,6,10H2,1-5H3. The van der Waals surface area contributed by atoms with E-state index in [1.165, 1.54) is 11.3 Å². The lowest BCUT2D eigenvalue weighted by Gasteiger charge is -2.30. The molecule has 2 nitrogen and oxygen atoms in total. The predicted octanol–water partition coefficient (Wildman–Crippen LogP) is 4.18. The van der Waals surface area contributed by atoms with Gasteiger partial charge >= 0.3 is 0 Å². The molecule has 0 aliphatic carbocycles. The van der Waals surface area contributed by atoms with Crippen molar-refractivity contribution >= 4 is 21.6 Å². The third kappa shape index (κ3) is 4.29. The first-order valence-corrected chi connectivity index (χ1v) is 7.53. The minimum Gasteiger partial charge on any atom is -0.369 e. The molecular weight excluding hydrogens is 288 g/mol. The Bertz CT molecular complexity index is 375. The molecule has 0 heterocycles. The van der Waals surface area contributed by atoms with Crippen molar-refractivity contribution in [2.24, 2.45) is 0 Å². The van der Waals surface area contributed by atoms with Crippen LogP contribution in [0.25, 0.3) is 0 Å². The van der Waals surface area contributed by atoms with E-state index in [1.54, 1.807) is 0 Å². The SMILES string of the molecule is CCN(c1ccc(Br)cc1CNC(C)C)C(C)C. The summed E-state index contributed by atoms with van der Waals surface area (Å²) in [6, 6.07) is 7.58. The summed E-state index contributed by atoms with van der Waals surface area (Å²) in [5.74, 6) is 0. The highest BCUT2D eigenvalue weighted by atomic mass is 79.9. The summed E-state index contributed by atoms with van der Waals surface area (Å²) in [6.45, 7) is 13.0. The fourth-order valence-electron chi connectivity index (χ4n) is 2.10. The molecule has 0 atom stereocenters. The van der Waals surface area contributed by atoms with E-state index in [0.717, 1.165) is 17.6 Å². The predicted molar refractivity (Wildman–Crippen MR) is 84.3 cm³/mol. The van der Waals surface area contributed by atoms with Crippen molar-refractivity contribution in [2.75, 3.05) is 11.4 Å². The average Bonchev–Trinajstić information content (AvgIpc) is 2.29. The van der Waals surface area contributed by atoms with E-state index in [0.29, 0.717) is 12.1 Å². The highest BCUT2D eigenvalue weighted by Crippen LogP contribution is 2.26. The molecule has 3 heteroatoms. The van der Waals surface area contributed by atoms with Gasteiger partial charge in [0.25, 0.3) is 0 Å². The van der Waals surface area contributed by atoms with E-state index in [-0.39, 0.29) is 0 Å². The van der Waals surface area contributed by atoms with Crippen LogP contribution >= 0.6 is 15.9 Å². The van der Waals surface area contributed by atoms with Crippen LogP contribution < -0.4 is 10.2 Å². The molecule has 0 aliphatic rings. The van der Waals surface area contributed by atoms with Gasteiger partial charge in [-0.2, -0.15) is 0 Å². The zero-order valence-corrected chi connectivity index (χ0v) is 13.7. The molecule has 0 amide bonds. The summed E-state index contributed by atoms with van der Waals surface area (Å²) in [6.07, 6.45) is 0. The number of hydrogen-bond donors (Lipinski definition) is 1. The Morgan fingerprint density at radius 2 is 1.89 bits per heavy atom. The number of benzene rings is 1. The van der Waals surface area contributed by atoms with E-state index in [9.17, 15) is 0 Å². The van der Waals surface area contributed by atoms with Gasteiger partial charge in [-0.05, 0) is 44.5 Å². The molecule has 0 bridgehead atoms. The van der Waals surface area contributed by atoms with E-state index in [1.807, 2.05) is 0 Å². The van der Waals surface area contributed by atoms with Crippen molar-refractivity contribution in [2.45, 2.75) is 53.2 Å². The Labute approximate surface area is 120 Å². The maximum Gasteiger partial charge on any atom is 0.0414 e. The van der Waals surface area contributed by atoms with Crippen LogP contribution in [-0.4, -0.2) is 18.6 Å². The number of nitrogens with zero attached hydrogens (tertiary/aromatic N) is 1. The third-order valence-electron chi connectivity index (χ3n) is 3.02. The molecule has 0 saturated heterocycles. The Kier molecular flexibility index (Phi) is 6.16. The van der Waals surface area contributed by atoms with Crippen molar-refractivity contribution in [3.05, 3.63) is 28.2 Å². The molecule has 1 aromatic rings. The zero-order valence-electron chi connectivity index (χ0n) is 12.1. The van der Waals surface area contributed by atoms with Gasteiger partial charge in [-0.25, -0.2) is 0 Å². The van der Waals surface area contributed by atoms with Crippen LogP contribution in [0, 0.1) is 0 Å². The highest BCUT2D eigenvalue weighted by molar-refractivity contribution is 9.10. The summed E-state index contributed by atoms with van der Waals surface area (Å²) in [5, 5.41) is 3.50. The zero-order chi connectivity index (χ0) is 13.7. The summed E-state index contributed by atoms with van der Waals surface area (Å²) >= 11 is 3.57. The summed E-state index contributed by atoms with van der Waals surface area (Å²) in [7, 11) is 0. The molecule has 0 unspecified atom stereocenters. The van der Waals surface area contributed by atoms with Crippen molar-refractivity contribution in [1.29, 1.82) is 0 Å². The van der Waals surface area contributed by atoms with Crippen molar-refractivity contribution < 1.29 is 0 Å². The molecule has 0 radical (unpaired) electrons. The van der Waals surface area contributed by atoms with Crippen LogP contribution in [0.1, 0.15) is 40.2 Å².